The van der Waals surface area contributed by atoms with Crippen LogP contribution in [0.1, 0.15) is 18.4 Å². The average Bonchev–Trinajstić information content (AvgIpc) is 2.99. The van der Waals surface area contributed by atoms with E-state index in [2.05, 4.69) is 9.72 Å². The van der Waals surface area contributed by atoms with E-state index in [0.29, 0.717) is 28.7 Å². The van der Waals surface area contributed by atoms with Crippen LogP contribution in [0.25, 0.3) is 10.9 Å². The van der Waals surface area contributed by atoms with Crippen LogP contribution >= 0.6 is 11.6 Å². The number of hydrogen-bond donors (Lipinski definition) is 0. The fourth-order valence-corrected chi connectivity index (χ4v) is 3.05. The van der Waals surface area contributed by atoms with Gasteiger partial charge in [0, 0.05) is 18.4 Å². The Hall–Kier alpha value is -2.34. The number of aromatic nitrogens is 1. The number of amides is 1. The highest BCUT2D eigenvalue weighted by Crippen LogP contribution is 2.34. The topological polar surface area (TPSA) is 68.7 Å². The number of methoxy groups -OCH3 is 2. The van der Waals surface area contributed by atoms with Crippen molar-refractivity contribution in [3.63, 3.8) is 0 Å². The van der Waals surface area contributed by atoms with Crippen LogP contribution in [0.2, 0.25) is 5.02 Å². The monoisotopic (exact) mass is 348 g/mol. The number of carbonyl (C=O) groups is 2. The number of hydrogen-bond acceptors (Lipinski definition) is 5. The van der Waals surface area contributed by atoms with Gasteiger partial charge >= 0.3 is 5.97 Å². The molecular weight excluding hydrogens is 332 g/mol. The van der Waals surface area contributed by atoms with Crippen LogP contribution in [0.15, 0.2) is 18.2 Å². The first kappa shape index (κ1) is 16.5. The van der Waals surface area contributed by atoms with Crippen molar-refractivity contribution in [3.8, 4) is 5.75 Å². The van der Waals surface area contributed by atoms with Crippen molar-refractivity contribution >= 4 is 40.2 Å². The molecule has 0 radical (unpaired) electrons. The summed E-state index contributed by atoms with van der Waals surface area (Å²) in [6, 6.07) is 5.57. The molecule has 0 saturated carbocycles. The number of esters is 1. The fourth-order valence-electron chi connectivity index (χ4n) is 2.81. The summed E-state index contributed by atoms with van der Waals surface area (Å²) in [5.41, 5.74) is 1.70. The van der Waals surface area contributed by atoms with Crippen LogP contribution in [-0.4, -0.2) is 37.6 Å². The molecule has 3 rings (SSSR count). The van der Waals surface area contributed by atoms with Crippen molar-refractivity contribution in [3.05, 3.63) is 28.8 Å². The second-order valence-electron chi connectivity index (χ2n) is 5.52. The summed E-state index contributed by atoms with van der Waals surface area (Å²) in [7, 11) is 2.87. The quantitative estimate of drug-likeness (QED) is 0.795. The van der Waals surface area contributed by atoms with E-state index < -0.39 is 5.97 Å². The molecule has 1 aliphatic rings. The Morgan fingerprint density at radius 1 is 1.25 bits per heavy atom. The average molecular weight is 349 g/mol. The Morgan fingerprint density at radius 3 is 2.75 bits per heavy atom. The number of nitrogens with zero attached hydrogens (tertiary/aromatic N) is 2. The molecule has 0 N–H and O–H groups in total. The Balaban J connectivity index is 1.90. The molecule has 6 nitrogen and oxygen atoms in total. The van der Waals surface area contributed by atoms with Crippen molar-refractivity contribution in [1.29, 1.82) is 0 Å². The zero-order valence-corrected chi connectivity index (χ0v) is 14.2. The lowest BCUT2D eigenvalue weighted by Gasteiger charge is -2.16. The summed E-state index contributed by atoms with van der Waals surface area (Å²) < 4.78 is 9.80. The van der Waals surface area contributed by atoms with E-state index in [1.165, 1.54) is 7.11 Å². The largest absolute Gasteiger partial charge is 0.495 e. The predicted octanol–water partition coefficient (Wildman–Crippen LogP) is 2.74. The molecule has 1 aromatic carbocycles. The molecule has 0 fully saturated rings. The van der Waals surface area contributed by atoms with E-state index in [1.807, 2.05) is 12.1 Å². The minimum absolute atomic E-state index is 0.0672. The van der Waals surface area contributed by atoms with Gasteiger partial charge in [-0.3, -0.25) is 14.5 Å². The third-order valence-electron chi connectivity index (χ3n) is 4.08. The van der Waals surface area contributed by atoms with E-state index in [4.69, 9.17) is 16.3 Å². The van der Waals surface area contributed by atoms with E-state index >= 15 is 0 Å². The molecule has 0 bridgehead atoms. The Bertz CT molecular complexity index is 822. The minimum Gasteiger partial charge on any atom is -0.495 e. The molecule has 2 heterocycles. The molecule has 0 atom stereocenters. The summed E-state index contributed by atoms with van der Waals surface area (Å²) in [5.74, 6) is 0.701. The standard InChI is InChI=1S/C17H17ClN2O4/c1-23-14-8-11-7-10-5-6-20(15(21)3-4-16(22)24-2)17(10)19-13(11)9-12(14)18/h7-9H,3-6H2,1-2H3. The third kappa shape index (κ3) is 3.01. The fraction of sp³-hybridized carbons (Fsp3) is 0.353. The highest BCUT2D eigenvalue weighted by Gasteiger charge is 2.27. The number of pyridine rings is 1. The Kier molecular flexibility index (Phi) is 4.57. The van der Waals surface area contributed by atoms with E-state index in [1.54, 1.807) is 18.1 Å². The van der Waals surface area contributed by atoms with E-state index in [0.717, 1.165) is 17.4 Å². The molecule has 0 spiro atoms. The van der Waals surface area contributed by atoms with Gasteiger partial charge in [-0.15, -0.1) is 0 Å². The summed E-state index contributed by atoms with van der Waals surface area (Å²) in [5, 5.41) is 1.39. The summed E-state index contributed by atoms with van der Waals surface area (Å²) in [4.78, 5) is 29.8. The van der Waals surface area contributed by atoms with Gasteiger partial charge < -0.3 is 9.47 Å². The second kappa shape index (κ2) is 6.65. The highest BCUT2D eigenvalue weighted by molar-refractivity contribution is 6.32. The molecule has 0 unspecified atom stereocenters. The van der Waals surface area contributed by atoms with Crippen molar-refractivity contribution in [2.24, 2.45) is 0 Å². The van der Waals surface area contributed by atoms with Gasteiger partial charge in [-0.25, -0.2) is 4.98 Å². The van der Waals surface area contributed by atoms with Gasteiger partial charge in [0.15, 0.2) is 0 Å². The number of carbonyl (C=O) groups excluding carboxylic acids is 2. The van der Waals surface area contributed by atoms with Crippen molar-refractivity contribution in [2.45, 2.75) is 19.3 Å². The maximum absolute atomic E-state index is 12.4. The zero-order chi connectivity index (χ0) is 17.3. The van der Waals surface area contributed by atoms with Gasteiger partial charge in [0.25, 0.3) is 0 Å². The molecule has 0 saturated heterocycles. The molecule has 1 aliphatic heterocycles. The van der Waals surface area contributed by atoms with Crippen molar-refractivity contribution in [2.75, 3.05) is 25.7 Å². The smallest absolute Gasteiger partial charge is 0.306 e. The number of rotatable bonds is 4. The first-order valence-corrected chi connectivity index (χ1v) is 7.95. The SMILES string of the molecule is COC(=O)CCC(=O)N1CCc2cc3cc(OC)c(Cl)cc3nc21. The second-order valence-corrected chi connectivity index (χ2v) is 5.93. The molecule has 1 aromatic heterocycles. The molecule has 7 heteroatoms. The number of fused-ring (bicyclic) bond motifs is 2. The number of benzene rings is 1. The molecule has 126 valence electrons. The normalized spacial score (nSPS) is 13.0. The lowest BCUT2D eigenvalue weighted by molar-refractivity contribution is -0.141. The first-order valence-electron chi connectivity index (χ1n) is 7.58. The third-order valence-corrected chi connectivity index (χ3v) is 4.37. The van der Waals surface area contributed by atoms with Crippen LogP contribution in [0.3, 0.4) is 0 Å². The number of ether oxygens (including phenoxy) is 2. The van der Waals surface area contributed by atoms with Crippen LogP contribution in [-0.2, 0) is 20.7 Å². The molecule has 0 aliphatic carbocycles. The Morgan fingerprint density at radius 2 is 2.04 bits per heavy atom. The maximum Gasteiger partial charge on any atom is 0.306 e. The van der Waals surface area contributed by atoms with Gasteiger partial charge in [-0.2, -0.15) is 0 Å². The van der Waals surface area contributed by atoms with Crippen molar-refractivity contribution in [1.82, 2.24) is 4.98 Å². The summed E-state index contributed by atoms with van der Waals surface area (Å²) in [6.07, 6.45) is 0.903. The van der Waals surface area contributed by atoms with E-state index in [-0.39, 0.29) is 18.7 Å². The zero-order valence-electron chi connectivity index (χ0n) is 13.5. The predicted molar refractivity (Wildman–Crippen MR) is 90.6 cm³/mol. The lowest BCUT2D eigenvalue weighted by atomic mass is 10.1. The molecule has 1 amide bonds. The molecular formula is C17H17ClN2O4. The van der Waals surface area contributed by atoms with Gasteiger partial charge in [-0.05, 0) is 30.2 Å². The van der Waals surface area contributed by atoms with Crippen LogP contribution < -0.4 is 9.64 Å². The van der Waals surface area contributed by atoms with Gasteiger partial charge in [0.05, 0.1) is 31.2 Å². The van der Waals surface area contributed by atoms with Crippen molar-refractivity contribution < 1.29 is 19.1 Å². The van der Waals surface area contributed by atoms with Crippen LogP contribution in [0, 0.1) is 0 Å². The molecule has 24 heavy (non-hydrogen) atoms. The maximum atomic E-state index is 12.4. The van der Waals surface area contributed by atoms with Gasteiger partial charge in [0.2, 0.25) is 5.91 Å². The minimum atomic E-state index is -0.395. The first-order chi connectivity index (χ1) is 11.5. The Labute approximate surface area is 144 Å². The van der Waals surface area contributed by atoms with Crippen LogP contribution in [0.5, 0.6) is 5.75 Å². The number of halogens is 1. The lowest BCUT2D eigenvalue weighted by Crippen LogP contribution is -2.29. The number of anilines is 1. The van der Waals surface area contributed by atoms with Gasteiger partial charge in [0.1, 0.15) is 11.6 Å². The highest BCUT2D eigenvalue weighted by atomic mass is 35.5. The molecule has 2 aromatic rings. The summed E-state index contributed by atoms with van der Waals surface area (Å²) >= 11 is 6.16. The van der Waals surface area contributed by atoms with Crippen LogP contribution in [0.4, 0.5) is 5.82 Å². The summed E-state index contributed by atoms with van der Waals surface area (Å²) in [6.45, 7) is 0.559. The van der Waals surface area contributed by atoms with E-state index in [9.17, 15) is 9.59 Å². The van der Waals surface area contributed by atoms with Gasteiger partial charge in [-0.1, -0.05) is 11.6 Å².